The molecule has 6 rings (SSSR count). The average Bonchev–Trinajstić information content (AvgIpc) is 3.09. The number of hydrogen-bond acceptors (Lipinski definition) is 8. The molecule has 5 N–H and O–H groups in total. The summed E-state index contributed by atoms with van der Waals surface area (Å²) < 4.78 is 11.4. The minimum absolute atomic E-state index is 0.0823. The zero-order valence-electron chi connectivity index (χ0n) is 18.7. The van der Waals surface area contributed by atoms with Crippen LogP contribution in [0.5, 0.6) is 0 Å². The standard InChI is InChI=1S/C23H37NO7/c1-4-24-10-19(11-30-2)6-5-16(25)22-14-7-12-13(31-3)8-21(28,23(14,29)17(12)26)20(27,18(22)24)9-15(19)22/h12-18,25-29H,4-11H2,1-3H3/t12-,13+,14+,15-,16+,17+,18-,19+,20+,21+,22-,23+/m1/s1. The van der Waals surface area contributed by atoms with E-state index in [9.17, 15) is 25.5 Å². The first-order chi connectivity index (χ1) is 14.6. The van der Waals surface area contributed by atoms with Gasteiger partial charge in [0.05, 0.1) is 31.0 Å². The Bertz CT molecular complexity index is 798. The maximum Gasteiger partial charge on any atom is 0.129 e. The molecule has 0 aromatic carbocycles. The lowest BCUT2D eigenvalue weighted by Crippen LogP contribution is -2.87. The summed E-state index contributed by atoms with van der Waals surface area (Å²) in [4.78, 5) is 2.22. The van der Waals surface area contributed by atoms with Crippen LogP contribution in [-0.4, -0.2) is 106 Å². The van der Waals surface area contributed by atoms with Crippen molar-refractivity contribution in [2.24, 2.45) is 28.6 Å². The van der Waals surface area contributed by atoms with Crippen LogP contribution in [0, 0.1) is 28.6 Å². The van der Waals surface area contributed by atoms with E-state index in [4.69, 9.17) is 9.47 Å². The number of aliphatic hydroxyl groups excluding tert-OH is 2. The average molecular weight is 440 g/mol. The highest BCUT2D eigenvalue weighted by molar-refractivity contribution is 5.42. The van der Waals surface area contributed by atoms with E-state index in [1.807, 2.05) is 6.92 Å². The normalized spacial score (nSPS) is 64.1. The van der Waals surface area contributed by atoms with Crippen molar-refractivity contribution < 1.29 is 35.0 Å². The minimum Gasteiger partial charge on any atom is -0.392 e. The Labute approximate surface area is 183 Å². The lowest BCUT2D eigenvalue weighted by molar-refractivity contribution is -0.365. The highest BCUT2D eigenvalue weighted by Gasteiger charge is 2.92. The number of piperidine rings is 1. The van der Waals surface area contributed by atoms with Gasteiger partial charge in [0, 0.05) is 49.9 Å². The van der Waals surface area contributed by atoms with Gasteiger partial charge in [0.1, 0.15) is 16.8 Å². The molecule has 0 aromatic rings. The Morgan fingerprint density at radius 1 is 1.06 bits per heavy atom. The summed E-state index contributed by atoms with van der Waals surface area (Å²) in [6.07, 6.45) is -0.181. The summed E-state index contributed by atoms with van der Waals surface area (Å²) in [5.74, 6) is -0.958. The molecular formula is C23H37NO7. The number of ether oxygens (including phenoxy) is 2. The Hall–Kier alpha value is -0.320. The molecule has 31 heavy (non-hydrogen) atoms. The van der Waals surface area contributed by atoms with Gasteiger partial charge in [-0.05, 0) is 38.1 Å². The third-order valence-electron chi connectivity index (χ3n) is 11.2. The van der Waals surface area contributed by atoms with E-state index >= 15 is 0 Å². The third-order valence-corrected chi connectivity index (χ3v) is 11.2. The summed E-state index contributed by atoms with van der Waals surface area (Å²) in [5, 5.41) is 59.9. The maximum atomic E-state index is 12.5. The van der Waals surface area contributed by atoms with Crippen LogP contribution in [0.25, 0.3) is 0 Å². The number of nitrogens with zero attached hydrogens (tertiary/aromatic N) is 1. The van der Waals surface area contributed by atoms with Crippen molar-refractivity contribution in [1.29, 1.82) is 0 Å². The molecule has 5 aliphatic carbocycles. The minimum atomic E-state index is -1.92. The van der Waals surface area contributed by atoms with Crippen molar-refractivity contribution in [2.75, 3.05) is 33.9 Å². The maximum absolute atomic E-state index is 12.5. The number of methoxy groups -OCH3 is 2. The molecule has 1 heterocycles. The van der Waals surface area contributed by atoms with Crippen molar-refractivity contribution in [2.45, 2.75) is 80.2 Å². The van der Waals surface area contributed by atoms with Gasteiger partial charge in [0.25, 0.3) is 0 Å². The molecule has 8 nitrogen and oxygen atoms in total. The Morgan fingerprint density at radius 3 is 2.45 bits per heavy atom. The van der Waals surface area contributed by atoms with Gasteiger partial charge in [0.2, 0.25) is 0 Å². The lowest BCUT2D eigenvalue weighted by Gasteiger charge is -2.71. The van der Waals surface area contributed by atoms with Gasteiger partial charge in [-0.1, -0.05) is 6.92 Å². The van der Waals surface area contributed by atoms with Crippen molar-refractivity contribution in [3.05, 3.63) is 0 Å². The van der Waals surface area contributed by atoms with Gasteiger partial charge in [-0.3, -0.25) is 4.90 Å². The van der Waals surface area contributed by atoms with E-state index in [0.29, 0.717) is 26.0 Å². The molecule has 5 saturated carbocycles. The van der Waals surface area contributed by atoms with Gasteiger partial charge in [0.15, 0.2) is 0 Å². The van der Waals surface area contributed by atoms with Crippen molar-refractivity contribution in [3.63, 3.8) is 0 Å². The van der Waals surface area contributed by atoms with Gasteiger partial charge in [-0.15, -0.1) is 0 Å². The molecule has 0 radical (unpaired) electrons. The smallest absolute Gasteiger partial charge is 0.129 e. The topological polar surface area (TPSA) is 123 Å². The zero-order valence-corrected chi connectivity index (χ0v) is 18.7. The van der Waals surface area contributed by atoms with E-state index < -0.39 is 52.5 Å². The second-order valence-corrected chi connectivity index (χ2v) is 11.6. The number of hydrogen-bond donors (Lipinski definition) is 5. The summed E-state index contributed by atoms with van der Waals surface area (Å²) >= 11 is 0. The fourth-order valence-electron chi connectivity index (χ4n) is 10.4. The monoisotopic (exact) mass is 439 g/mol. The van der Waals surface area contributed by atoms with Crippen molar-refractivity contribution in [3.8, 4) is 0 Å². The molecule has 176 valence electrons. The van der Waals surface area contributed by atoms with Crippen molar-refractivity contribution in [1.82, 2.24) is 4.90 Å². The fraction of sp³-hybridized carbons (Fsp3) is 1.00. The van der Waals surface area contributed by atoms with Crippen LogP contribution < -0.4 is 0 Å². The SMILES string of the molecule is CCN1C[C@]2(COC)CC[C@H](O)[C@@]34[C@@H]2C[C@](O)([C@@H]13)[C@@]1(O)C[C@H](OC)[C@H]2C[C@@H]4[C@]1(O)[C@H]2O. The largest absolute Gasteiger partial charge is 0.392 e. The molecular weight excluding hydrogens is 402 g/mol. The quantitative estimate of drug-likeness (QED) is 0.382. The van der Waals surface area contributed by atoms with E-state index in [-0.39, 0.29) is 30.1 Å². The van der Waals surface area contributed by atoms with Gasteiger partial charge in [-0.2, -0.15) is 0 Å². The van der Waals surface area contributed by atoms with E-state index in [1.165, 1.54) is 0 Å². The summed E-state index contributed by atoms with van der Waals surface area (Å²) in [6.45, 7) is 3.97. The predicted octanol–water partition coefficient (Wildman–Crippen LogP) is -0.893. The Balaban J connectivity index is 1.65. The van der Waals surface area contributed by atoms with Crippen LogP contribution in [-0.2, 0) is 9.47 Å². The van der Waals surface area contributed by atoms with Crippen molar-refractivity contribution >= 4 is 0 Å². The predicted molar refractivity (Wildman–Crippen MR) is 109 cm³/mol. The van der Waals surface area contributed by atoms with Gasteiger partial charge >= 0.3 is 0 Å². The molecule has 7 bridgehead atoms. The molecule has 6 aliphatic rings. The number of rotatable bonds is 4. The number of likely N-dealkylation sites (N-methyl/N-ethyl adjacent to an activating group) is 1. The second-order valence-electron chi connectivity index (χ2n) is 11.6. The lowest BCUT2D eigenvalue weighted by atomic mass is 9.41. The Morgan fingerprint density at radius 2 is 1.81 bits per heavy atom. The summed E-state index contributed by atoms with van der Waals surface area (Å²) in [7, 11) is 3.25. The first-order valence-corrected chi connectivity index (χ1v) is 11.9. The molecule has 6 fully saturated rings. The van der Waals surface area contributed by atoms with Crippen LogP contribution in [0.2, 0.25) is 0 Å². The first kappa shape index (κ1) is 21.2. The zero-order chi connectivity index (χ0) is 22.2. The summed E-state index contributed by atoms with van der Waals surface area (Å²) in [6, 6.07) is -0.480. The second kappa shape index (κ2) is 6.02. The van der Waals surface area contributed by atoms with Gasteiger partial charge in [-0.25, -0.2) is 0 Å². The van der Waals surface area contributed by atoms with E-state index in [0.717, 1.165) is 13.0 Å². The van der Waals surface area contributed by atoms with Gasteiger partial charge < -0.3 is 35.0 Å². The number of aliphatic hydroxyl groups is 5. The third kappa shape index (κ3) is 1.86. The molecule has 1 saturated heterocycles. The van der Waals surface area contributed by atoms with E-state index in [2.05, 4.69) is 4.90 Å². The molecule has 12 atom stereocenters. The molecule has 1 aliphatic heterocycles. The Kier molecular flexibility index (Phi) is 4.12. The number of fused-ring (bicyclic) bond motifs is 2. The molecule has 0 amide bonds. The molecule has 8 heteroatoms. The van der Waals surface area contributed by atoms with Crippen LogP contribution in [0.1, 0.15) is 39.0 Å². The highest BCUT2D eigenvalue weighted by atomic mass is 16.5. The van der Waals surface area contributed by atoms with E-state index in [1.54, 1.807) is 14.2 Å². The molecule has 1 spiro atoms. The first-order valence-electron chi connectivity index (χ1n) is 11.9. The van der Waals surface area contributed by atoms with Crippen LogP contribution in [0.15, 0.2) is 0 Å². The number of likely N-dealkylation sites (tertiary alicyclic amines) is 1. The van der Waals surface area contributed by atoms with Crippen LogP contribution in [0.4, 0.5) is 0 Å². The fourth-order valence-corrected chi connectivity index (χ4v) is 10.4. The molecule has 0 aromatic heterocycles. The van der Waals surface area contributed by atoms with Crippen LogP contribution >= 0.6 is 0 Å². The summed E-state index contributed by atoms with van der Waals surface area (Å²) in [5.41, 5.74) is -6.52. The van der Waals surface area contributed by atoms with Crippen LogP contribution in [0.3, 0.4) is 0 Å². The highest BCUT2D eigenvalue weighted by Crippen LogP contribution is 2.80. The molecule has 0 unspecified atom stereocenters.